The van der Waals surface area contributed by atoms with Gasteiger partial charge in [0, 0.05) is 11.1 Å². The SMILES string of the molecule is COc1cc(/C=C2\N=C(c3ccc(-c4ccccc4)cc3)OC2=O)cc(Cl)c1OCc1ccccc1F. The minimum atomic E-state index is -0.572. The Hall–Kier alpha value is -4.42. The van der Waals surface area contributed by atoms with Gasteiger partial charge in [0.25, 0.3) is 0 Å². The summed E-state index contributed by atoms with van der Waals surface area (Å²) in [6.07, 6.45) is 1.56. The van der Waals surface area contributed by atoms with Gasteiger partial charge in [-0.05, 0) is 53.1 Å². The lowest BCUT2D eigenvalue weighted by Gasteiger charge is -2.13. The highest BCUT2D eigenvalue weighted by Gasteiger charge is 2.24. The Morgan fingerprint density at radius 1 is 0.919 bits per heavy atom. The van der Waals surface area contributed by atoms with Crippen molar-refractivity contribution < 1.29 is 23.4 Å². The smallest absolute Gasteiger partial charge is 0.363 e. The fourth-order valence-corrected chi connectivity index (χ4v) is 4.13. The van der Waals surface area contributed by atoms with Gasteiger partial charge in [0.1, 0.15) is 12.4 Å². The number of esters is 1. The number of carbonyl (C=O) groups excluding carboxylic acids is 1. The second-order valence-electron chi connectivity index (χ2n) is 8.19. The van der Waals surface area contributed by atoms with E-state index in [0.717, 1.165) is 11.1 Å². The van der Waals surface area contributed by atoms with Crippen LogP contribution in [-0.4, -0.2) is 19.0 Å². The molecule has 1 aliphatic heterocycles. The molecule has 0 bridgehead atoms. The van der Waals surface area contributed by atoms with Crippen molar-refractivity contribution in [3.63, 3.8) is 0 Å². The van der Waals surface area contributed by atoms with Crippen LogP contribution in [0.5, 0.6) is 11.5 Å². The third kappa shape index (κ3) is 5.39. The quantitative estimate of drug-likeness (QED) is 0.196. The van der Waals surface area contributed by atoms with E-state index >= 15 is 0 Å². The molecule has 0 saturated heterocycles. The summed E-state index contributed by atoms with van der Waals surface area (Å²) in [5.74, 6) is -0.119. The van der Waals surface area contributed by atoms with E-state index in [1.165, 1.54) is 13.2 Å². The summed E-state index contributed by atoms with van der Waals surface area (Å²) in [5.41, 5.74) is 3.90. The number of ether oxygens (including phenoxy) is 3. The van der Waals surface area contributed by atoms with E-state index in [1.807, 2.05) is 54.6 Å². The molecule has 0 N–H and O–H groups in total. The van der Waals surface area contributed by atoms with Gasteiger partial charge < -0.3 is 14.2 Å². The highest BCUT2D eigenvalue weighted by molar-refractivity contribution is 6.32. The maximum absolute atomic E-state index is 13.9. The van der Waals surface area contributed by atoms with E-state index in [2.05, 4.69) is 4.99 Å². The fourth-order valence-electron chi connectivity index (χ4n) is 3.85. The van der Waals surface area contributed by atoms with Crippen LogP contribution in [0.3, 0.4) is 0 Å². The Labute approximate surface area is 218 Å². The van der Waals surface area contributed by atoms with Crippen molar-refractivity contribution in [2.75, 3.05) is 7.11 Å². The van der Waals surface area contributed by atoms with Gasteiger partial charge in [-0.1, -0.05) is 72.3 Å². The molecule has 184 valence electrons. The molecule has 0 aromatic heterocycles. The summed E-state index contributed by atoms with van der Waals surface area (Å²) in [5, 5.41) is 0.245. The van der Waals surface area contributed by atoms with Crippen LogP contribution in [0.2, 0.25) is 5.02 Å². The predicted molar refractivity (Wildman–Crippen MR) is 141 cm³/mol. The number of halogens is 2. The van der Waals surface area contributed by atoms with Crippen molar-refractivity contribution in [2.24, 2.45) is 4.99 Å². The molecular weight excluding hydrogens is 493 g/mol. The number of cyclic esters (lactones) is 1. The first-order chi connectivity index (χ1) is 18.0. The van der Waals surface area contributed by atoms with Gasteiger partial charge in [-0.2, -0.15) is 0 Å². The Bertz CT molecular complexity index is 1510. The van der Waals surface area contributed by atoms with E-state index in [4.69, 9.17) is 25.8 Å². The molecule has 0 saturated carbocycles. The average Bonchev–Trinajstić information content (AvgIpc) is 3.29. The number of nitrogens with zero attached hydrogens (tertiary/aromatic N) is 1. The van der Waals surface area contributed by atoms with Crippen LogP contribution >= 0.6 is 11.6 Å². The largest absolute Gasteiger partial charge is 0.493 e. The number of methoxy groups -OCH3 is 1. The minimum Gasteiger partial charge on any atom is -0.493 e. The second kappa shape index (κ2) is 10.7. The van der Waals surface area contributed by atoms with Crippen LogP contribution in [0.25, 0.3) is 17.2 Å². The van der Waals surface area contributed by atoms with Crippen LogP contribution in [0.15, 0.2) is 102 Å². The predicted octanol–water partition coefficient (Wildman–Crippen LogP) is 7.08. The normalized spacial score (nSPS) is 13.9. The third-order valence-corrected chi connectivity index (χ3v) is 6.03. The Morgan fingerprint density at radius 2 is 1.59 bits per heavy atom. The van der Waals surface area contributed by atoms with Crippen LogP contribution < -0.4 is 9.47 Å². The number of rotatable bonds is 7. The molecule has 1 heterocycles. The molecule has 0 atom stereocenters. The summed E-state index contributed by atoms with van der Waals surface area (Å²) >= 11 is 6.45. The van der Waals surface area contributed by atoms with Gasteiger partial charge in [-0.25, -0.2) is 14.2 Å². The molecule has 1 aliphatic rings. The molecule has 37 heavy (non-hydrogen) atoms. The highest BCUT2D eigenvalue weighted by Crippen LogP contribution is 2.38. The van der Waals surface area contributed by atoms with E-state index in [-0.39, 0.29) is 34.8 Å². The maximum Gasteiger partial charge on any atom is 0.363 e. The topological polar surface area (TPSA) is 57.1 Å². The molecule has 0 spiro atoms. The number of hydrogen-bond acceptors (Lipinski definition) is 5. The van der Waals surface area contributed by atoms with Crippen molar-refractivity contribution in [1.82, 2.24) is 0 Å². The molecule has 4 aromatic rings. The minimum absolute atomic E-state index is 0.0216. The van der Waals surface area contributed by atoms with Gasteiger partial charge in [0.2, 0.25) is 5.90 Å². The Balaban J connectivity index is 1.37. The van der Waals surface area contributed by atoms with E-state index in [0.29, 0.717) is 22.4 Å². The number of hydrogen-bond donors (Lipinski definition) is 0. The van der Waals surface area contributed by atoms with Gasteiger partial charge in [0.05, 0.1) is 12.1 Å². The number of carbonyl (C=O) groups is 1. The van der Waals surface area contributed by atoms with Gasteiger partial charge in [0.15, 0.2) is 17.2 Å². The molecule has 7 heteroatoms. The zero-order valence-electron chi connectivity index (χ0n) is 19.8. The van der Waals surface area contributed by atoms with Crippen LogP contribution in [0.1, 0.15) is 16.7 Å². The van der Waals surface area contributed by atoms with Crippen molar-refractivity contribution in [3.05, 3.63) is 124 Å². The lowest BCUT2D eigenvalue weighted by molar-refractivity contribution is -0.129. The monoisotopic (exact) mass is 513 g/mol. The second-order valence-corrected chi connectivity index (χ2v) is 8.60. The lowest BCUT2D eigenvalue weighted by Crippen LogP contribution is -2.05. The summed E-state index contributed by atoms with van der Waals surface area (Å²) < 4.78 is 30.5. The average molecular weight is 514 g/mol. The zero-order valence-corrected chi connectivity index (χ0v) is 20.5. The van der Waals surface area contributed by atoms with Crippen molar-refractivity contribution >= 4 is 29.5 Å². The molecule has 0 aliphatic carbocycles. The van der Waals surface area contributed by atoms with Gasteiger partial charge >= 0.3 is 5.97 Å². The lowest BCUT2D eigenvalue weighted by atomic mass is 10.0. The first kappa shape index (κ1) is 24.3. The first-order valence-corrected chi connectivity index (χ1v) is 11.8. The van der Waals surface area contributed by atoms with Crippen molar-refractivity contribution in [3.8, 4) is 22.6 Å². The van der Waals surface area contributed by atoms with E-state index in [1.54, 1.807) is 36.4 Å². The highest BCUT2D eigenvalue weighted by atomic mass is 35.5. The standard InChI is InChI=1S/C30H21ClFNO4/c1-35-27-17-19(15-24(31)28(27)36-18-23-9-5-6-10-25(23)32)16-26-30(34)37-29(33-26)22-13-11-21(12-14-22)20-7-3-2-4-8-20/h2-17H,18H2,1H3/b26-16-. The molecule has 0 radical (unpaired) electrons. The van der Waals surface area contributed by atoms with E-state index in [9.17, 15) is 9.18 Å². The number of benzene rings is 4. The zero-order chi connectivity index (χ0) is 25.8. The molecular formula is C30H21ClFNO4. The molecule has 5 rings (SSSR count). The van der Waals surface area contributed by atoms with Gasteiger partial charge in [-0.3, -0.25) is 0 Å². The van der Waals surface area contributed by atoms with Crippen LogP contribution in [0.4, 0.5) is 4.39 Å². The van der Waals surface area contributed by atoms with E-state index < -0.39 is 5.97 Å². The summed E-state index contributed by atoms with van der Waals surface area (Å²) in [6.45, 7) is -0.0216. The maximum atomic E-state index is 13.9. The molecule has 5 nitrogen and oxygen atoms in total. The molecule has 4 aromatic carbocycles. The molecule has 0 fully saturated rings. The Kier molecular flexibility index (Phi) is 7.01. The molecule has 0 unspecified atom stereocenters. The first-order valence-electron chi connectivity index (χ1n) is 11.4. The Morgan fingerprint density at radius 3 is 2.32 bits per heavy atom. The van der Waals surface area contributed by atoms with Crippen LogP contribution in [0, 0.1) is 5.82 Å². The third-order valence-electron chi connectivity index (χ3n) is 5.74. The summed E-state index contributed by atoms with van der Waals surface area (Å²) in [4.78, 5) is 16.9. The number of aliphatic imine (C=N–C) groups is 1. The van der Waals surface area contributed by atoms with Crippen molar-refractivity contribution in [1.29, 1.82) is 0 Å². The van der Waals surface area contributed by atoms with Gasteiger partial charge in [-0.15, -0.1) is 0 Å². The van der Waals surface area contributed by atoms with Crippen LogP contribution in [-0.2, 0) is 16.1 Å². The molecule has 0 amide bonds. The summed E-state index contributed by atoms with van der Waals surface area (Å²) in [6, 6.07) is 27.2. The summed E-state index contributed by atoms with van der Waals surface area (Å²) in [7, 11) is 1.47. The fraction of sp³-hybridized carbons (Fsp3) is 0.0667. The van der Waals surface area contributed by atoms with Crippen molar-refractivity contribution in [2.45, 2.75) is 6.61 Å².